The zero-order valence-corrected chi connectivity index (χ0v) is 18.5. The SMILES string of the molecule is COc1ccc(CNC(=O)Cn2c(Cc3cccc4ccccc34)nc3ccccc32)cc1. The van der Waals surface area contributed by atoms with Gasteiger partial charge in [-0.2, -0.15) is 0 Å². The van der Waals surface area contributed by atoms with E-state index in [-0.39, 0.29) is 12.5 Å². The second-order valence-corrected chi connectivity index (χ2v) is 8.04. The fourth-order valence-electron chi connectivity index (χ4n) is 4.20. The molecule has 164 valence electrons. The van der Waals surface area contributed by atoms with Gasteiger partial charge in [-0.15, -0.1) is 0 Å². The molecule has 0 atom stereocenters. The van der Waals surface area contributed by atoms with Gasteiger partial charge in [0, 0.05) is 13.0 Å². The first kappa shape index (κ1) is 20.8. The van der Waals surface area contributed by atoms with Crippen LogP contribution in [0.5, 0.6) is 5.75 Å². The summed E-state index contributed by atoms with van der Waals surface area (Å²) in [6.07, 6.45) is 0.655. The van der Waals surface area contributed by atoms with E-state index in [9.17, 15) is 4.79 Å². The molecule has 0 aliphatic rings. The maximum Gasteiger partial charge on any atom is 0.240 e. The van der Waals surface area contributed by atoms with Crippen LogP contribution >= 0.6 is 0 Å². The van der Waals surface area contributed by atoms with Gasteiger partial charge in [-0.25, -0.2) is 4.98 Å². The van der Waals surface area contributed by atoms with Crippen molar-refractivity contribution in [2.24, 2.45) is 0 Å². The molecule has 0 saturated heterocycles. The van der Waals surface area contributed by atoms with Crippen LogP contribution in [0.2, 0.25) is 0 Å². The number of hydrogen-bond donors (Lipinski definition) is 1. The molecule has 1 amide bonds. The van der Waals surface area contributed by atoms with E-state index in [1.54, 1.807) is 7.11 Å². The van der Waals surface area contributed by atoms with Gasteiger partial charge in [-0.1, -0.05) is 66.7 Å². The summed E-state index contributed by atoms with van der Waals surface area (Å²) >= 11 is 0. The maximum absolute atomic E-state index is 12.9. The molecule has 4 aromatic carbocycles. The third-order valence-corrected chi connectivity index (χ3v) is 5.91. The number of hydrogen-bond acceptors (Lipinski definition) is 3. The molecule has 5 aromatic rings. The highest BCUT2D eigenvalue weighted by Gasteiger charge is 2.15. The first-order valence-electron chi connectivity index (χ1n) is 11.0. The number of amides is 1. The summed E-state index contributed by atoms with van der Waals surface area (Å²) in [6, 6.07) is 30.4. The summed E-state index contributed by atoms with van der Waals surface area (Å²) in [6.45, 7) is 0.685. The van der Waals surface area contributed by atoms with Gasteiger partial charge in [-0.05, 0) is 46.2 Å². The highest BCUT2D eigenvalue weighted by molar-refractivity contribution is 5.86. The number of nitrogens with zero attached hydrogens (tertiary/aromatic N) is 2. The minimum atomic E-state index is -0.0480. The van der Waals surface area contributed by atoms with Gasteiger partial charge in [-0.3, -0.25) is 4.79 Å². The molecule has 1 N–H and O–H groups in total. The molecule has 33 heavy (non-hydrogen) atoms. The van der Waals surface area contributed by atoms with E-state index in [2.05, 4.69) is 47.8 Å². The number of carbonyl (C=O) groups excluding carboxylic acids is 1. The van der Waals surface area contributed by atoms with Gasteiger partial charge < -0.3 is 14.6 Å². The van der Waals surface area contributed by atoms with Gasteiger partial charge in [0.1, 0.15) is 18.1 Å². The molecule has 1 aromatic heterocycles. The number of fused-ring (bicyclic) bond motifs is 2. The van der Waals surface area contributed by atoms with E-state index in [1.165, 1.54) is 16.3 Å². The quantitative estimate of drug-likeness (QED) is 0.387. The number of methoxy groups -OCH3 is 1. The number of carbonyl (C=O) groups is 1. The largest absolute Gasteiger partial charge is 0.497 e. The van der Waals surface area contributed by atoms with Crippen LogP contribution in [0.3, 0.4) is 0 Å². The van der Waals surface area contributed by atoms with E-state index >= 15 is 0 Å². The highest BCUT2D eigenvalue weighted by Crippen LogP contribution is 2.23. The molecule has 0 unspecified atom stereocenters. The van der Waals surface area contributed by atoms with Gasteiger partial charge in [0.15, 0.2) is 0 Å². The molecule has 0 saturated carbocycles. The third kappa shape index (κ3) is 4.44. The van der Waals surface area contributed by atoms with Gasteiger partial charge in [0.2, 0.25) is 5.91 Å². The standard InChI is InChI=1S/C28H25N3O2/c1-33-23-15-13-20(14-16-23)18-29-28(32)19-31-26-12-5-4-11-25(26)30-27(31)17-22-9-6-8-21-7-2-3-10-24(21)22/h2-16H,17-19H2,1H3,(H,29,32). The van der Waals surface area contributed by atoms with Crippen LogP contribution in [0, 0.1) is 0 Å². The fourth-order valence-corrected chi connectivity index (χ4v) is 4.20. The lowest BCUT2D eigenvalue weighted by atomic mass is 10.0. The molecular weight excluding hydrogens is 410 g/mol. The summed E-state index contributed by atoms with van der Waals surface area (Å²) in [5.74, 6) is 1.63. The molecule has 0 radical (unpaired) electrons. The molecule has 1 heterocycles. The lowest BCUT2D eigenvalue weighted by Gasteiger charge is -2.12. The zero-order valence-electron chi connectivity index (χ0n) is 18.5. The second-order valence-electron chi connectivity index (χ2n) is 8.04. The molecule has 0 aliphatic carbocycles. The molecule has 0 aliphatic heterocycles. The Morgan fingerprint density at radius 3 is 2.52 bits per heavy atom. The number of benzene rings is 4. The minimum Gasteiger partial charge on any atom is -0.497 e. The van der Waals surface area contributed by atoms with E-state index in [1.807, 2.05) is 53.1 Å². The zero-order chi connectivity index (χ0) is 22.6. The van der Waals surface area contributed by atoms with Crippen molar-refractivity contribution >= 4 is 27.7 Å². The molecule has 5 nitrogen and oxygen atoms in total. The van der Waals surface area contributed by atoms with E-state index in [0.717, 1.165) is 28.2 Å². The Labute approximate surface area is 192 Å². The molecule has 5 rings (SSSR count). The summed E-state index contributed by atoms with van der Waals surface area (Å²) < 4.78 is 7.23. The molecule has 0 bridgehead atoms. The number of ether oxygens (including phenoxy) is 1. The Morgan fingerprint density at radius 2 is 1.67 bits per heavy atom. The predicted molar refractivity (Wildman–Crippen MR) is 131 cm³/mol. The van der Waals surface area contributed by atoms with Gasteiger partial charge >= 0.3 is 0 Å². The molecule has 5 heteroatoms. The van der Waals surface area contributed by atoms with Crippen LogP contribution in [0.15, 0.2) is 91.0 Å². The number of imidazole rings is 1. The Morgan fingerprint density at radius 1 is 0.909 bits per heavy atom. The molecular formula is C28H25N3O2. The van der Waals surface area contributed by atoms with Crippen molar-refractivity contribution in [1.82, 2.24) is 14.9 Å². The van der Waals surface area contributed by atoms with Crippen molar-refractivity contribution in [1.29, 1.82) is 0 Å². The van der Waals surface area contributed by atoms with E-state index in [0.29, 0.717) is 13.0 Å². The van der Waals surface area contributed by atoms with Gasteiger partial charge in [0.25, 0.3) is 0 Å². The van der Waals surface area contributed by atoms with Crippen molar-refractivity contribution in [2.75, 3.05) is 7.11 Å². The molecule has 0 fully saturated rings. The lowest BCUT2D eigenvalue weighted by Crippen LogP contribution is -2.27. The Hall–Kier alpha value is -4.12. The van der Waals surface area contributed by atoms with Crippen LogP contribution < -0.4 is 10.1 Å². The second kappa shape index (κ2) is 9.17. The van der Waals surface area contributed by atoms with Crippen LogP contribution in [-0.2, 0) is 24.3 Å². The van der Waals surface area contributed by atoms with Crippen LogP contribution in [0.25, 0.3) is 21.8 Å². The average molecular weight is 436 g/mol. The Bertz CT molecular complexity index is 1420. The molecule has 0 spiro atoms. The van der Waals surface area contributed by atoms with Crippen molar-refractivity contribution in [3.05, 3.63) is 108 Å². The summed E-state index contributed by atoms with van der Waals surface area (Å²) in [4.78, 5) is 17.8. The average Bonchev–Trinajstić information content (AvgIpc) is 3.20. The maximum atomic E-state index is 12.9. The van der Waals surface area contributed by atoms with Crippen molar-refractivity contribution < 1.29 is 9.53 Å². The monoisotopic (exact) mass is 435 g/mol. The number of para-hydroxylation sites is 2. The van der Waals surface area contributed by atoms with Crippen molar-refractivity contribution in [3.63, 3.8) is 0 Å². The lowest BCUT2D eigenvalue weighted by molar-refractivity contribution is -0.121. The van der Waals surface area contributed by atoms with E-state index in [4.69, 9.17) is 9.72 Å². The number of rotatable bonds is 7. The summed E-state index contributed by atoms with van der Waals surface area (Å²) in [5.41, 5.74) is 4.09. The number of aromatic nitrogens is 2. The van der Waals surface area contributed by atoms with Gasteiger partial charge in [0.05, 0.1) is 18.1 Å². The van der Waals surface area contributed by atoms with Crippen molar-refractivity contribution in [3.8, 4) is 5.75 Å². The first-order chi connectivity index (χ1) is 16.2. The smallest absolute Gasteiger partial charge is 0.240 e. The summed E-state index contributed by atoms with van der Waals surface area (Å²) in [5, 5.41) is 5.45. The third-order valence-electron chi connectivity index (χ3n) is 5.91. The number of nitrogens with one attached hydrogen (secondary N) is 1. The topological polar surface area (TPSA) is 56.1 Å². The van der Waals surface area contributed by atoms with Crippen molar-refractivity contribution in [2.45, 2.75) is 19.5 Å². The fraction of sp³-hybridized carbons (Fsp3) is 0.143. The Kier molecular flexibility index (Phi) is 5.77. The Balaban J connectivity index is 1.40. The van der Waals surface area contributed by atoms with Crippen LogP contribution in [0.1, 0.15) is 17.0 Å². The van der Waals surface area contributed by atoms with Crippen LogP contribution in [-0.4, -0.2) is 22.6 Å². The predicted octanol–water partition coefficient (Wildman–Crippen LogP) is 5.11. The van der Waals surface area contributed by atoms with E-state index < -0.39 is 0 Å². The van der Waals surface area contributed by atoms with Crippen LogP contribution in [0.4, 0.5) is 0 Å². The highest BCUT2D eigenvalue weighted by atomic mass is 16.5. The summed E-state index contributed by atoms with van der Waals surface area (Å²) in [7, 11) is 1.64. The first-order valence-corrected chi connectivity index (χ1v) is 11.0. The minimum absolute atomic E-state index is 0.0480. The normalized spacial score (nSPS) is 11.1.